The van der Waals surface area contributed by atoms with Crippen LogP contribution < -0.4 is 21.5 Å². The third-order valence-electron chi connectivity index (χ3n) is 2.35. The van der Waals surface area contributed by atoms with Crippen molar-refractivity contribution < 1.29 is 8.78 Å². The highest BCUT2D eigenvalue weighted by Crippen LogP contribution is 2.22. The van der Waals surface area contributed by atoms with Crippen LogP contribution in [0.1, 0.15) is 0 Å². The lowest BCUT2D eigenvalue weighted by Crippen LogP contribution is -2.18. The third-order valence-corrected chi connectivity index (χ3v) is 2.35. The molecule has 0 aliphatic rings. The number of para-hydroxylation sites is 1. The Bertz CT molecular complexity index is 597. The molecule has 0 saturated carbocycles. The van der Waals surface area contributed by atoms with Crippen LogP contribution in [0.5, 0.6) is 0 Å². The smallest absolute Gasteiger partial charge is 0.243 e. The molecule has 0 fully saturated rings. The fourth-order valence-corrected chi connectivity index (χ4v) is 1.41. The minimum atomic E-state index is -0.751. The molecule has 0 atom stereocenters. The van der Waals surface area contributed by atoms with Gasteiger partial charge in [-0.2, -0.15) is 15.0 Å². The molecule has 0 aliphatic heterocycles. The first-order valence-corrected chi connectivity index (χ1v) is 5.62. The minimum Gasteiger partial charge on any atom is -0.347 e. The molecule has 0 amide bonds. The molecule has 0 spiro atoms. The van der Waals surface area contributed by atoms with Crippen molar-refractivity contribution in [1.29, 1.82) is 0 Å². The van der Waals surface area contributed by atoms with Gasteiger partial charge < -0.3 is 10.2 Å². The molecule has 106 valence electrons. The van der Waals surface area contributed by atoms with Crippen LogP contribution in [0.2, 0.25) is 0 Å². The van der Waals surface area contributed by atoms with E-state index in [1.165, 1.54) is 6.07 Å². The van der Waals surface area contributed by atoms with Crippen molar-refractivity contribution in [2.75, 3.05) is 29.7 Å². The van der Waals surface area contributed by atoms with Crippen molar-refractivity contribution >= 4 is 23.5 Å². The quantitative estimate of drug-likeness (QED) is 0.573. The van der Waals surface area contributed by atoms with Crippen LogP contribution in [0.4, 0.5) is 32.3 Å². The zero-order valence-corrected chi connectivity index (χ0v) is 10.9. The average Bonchev–Trinajstić information content (AvgIpc) is 2.42. The number of nitrogens with zero attached hydrogens (tertiary/aromatic N) is 4. The summed E-state index contributed by atoms with van der Waals surface area (Å²) in [5, 5.41) is 2.48. The number of hydrazine groups is 1. The Kier molecular flexibility index (Phi) is 3.89. The van der Waals surface area contributed by atoms with Crippen molar-refractivity contribution in [1.82, 2.24) is 15.0 Å². The van der Waals surface area contributed by atoms with Crippen molar-refractivity contribution in [3.8, 4) is 0 Å². The zero-order chi connectivity index (χ0) is 14.7. The fraction of sp³-hybridized carbons (Fsp3) is 0.182. The second-order valence-corrected chi connectivity index (χ2v) is 4.04. The van der Waals surface area contributed by atoms with Crippen molar-refractivity contribution in [2.45, 2.75) is 0 Å². The van der Waals surface area contributed by atoms with E-state index < -0.39 is 11.6 Å². The topological polar surface area (TPSA) is 92.0 Å². The number of rotatable bonds is 4. The number of benzene rings is 1. The number of halogens is 2. The molecule has 9 heteroatoms. The standard InChI is InChI=1S/C11H13F2N7/c1-20(2)11-17-9(16-10(18-11)19-14)15-8-6(12)4-3-5-7(8)13/h3-5H,14H2,1-2H3,(H2,15,16,17,18,19). The Morgan fingerprint density at radius 3 is 2.20 bits per heavy atom. The molecule has 20 heavy (non-hydrogen) atoms. The predicted molar refractivity (Wildman–Crippen MR) is 71.6 cm³/mol. The Morgan fingerprint density at radius 1 is 1.05 bits per heavy atom. The number of hydrogen-bond acceptors (Lipinski definition) is 7. The van der Waals surface area contributed by atoms with E-state index in [1.54, 1.807) is 19.0 Å². The van der Waals surface area contributed by atoms with Gasteiger partial charge in [-0.1, -0.05) is 6.07 Å². The van der Waals surface area contributed by atoms with Gasteiger partial charge >= 0.3 is 0 Å². The Hall–Kier alpha value is -2.55. The lowest BCUT2D eigenvalue weighted by atomic mass is 10.3. The summed E-state index contributed by atoms with van der Waals surface area (Å²) in [6, 6.07) is 3.52. The largest absolute Gasteiger partial charge is 0.347 e. The maximum Gasteiger partial charge on any atom is 0.243 e. The van der Waals surface area contributed by atoms with E-state index in [1.807, 2.05) is 0 Å². The maximum atomic E-state index is 13.6. The van der Waals surface area contributed by atoms with Gasteiger partial charge in [0.1, 0.15) is 17.3 Å². The highest BCUT2D eigenvalue weighted by Gasteiger charge is 2.12. The first-order chi connectivity index (χ1) is 9.51. The van der Waals surface area contributed by atoms with Gasteiger partial charge in [0, 0.05) is 14.1 Å². The van der Waals surface area contributed by atoms with Crippen molar-refractivity contribution in [3.63, 3.8) is 0 Å². The monoisotopic (exact) mass is 281 g/mol. The van der Waals surface area contributed by atoms with Crippen LogP contribution in [-0.2, 0) is 0 Å². The van der Waals surface area contributed by atoms with Crippen molar-refractivity contribution in [3.05, 3.63) is 29.8 Å². The molecule has 0 unspecified atom stereocenters. The number of nitrogens with one attached hydrogen (secondary N) is 2. The van der Waals surface area contributed by atoms with Gasteiger partial charge in [0.2, 0.25) is 17.8 Å². The lowest BCUT2D eigenvalue weighted by molar-refractivity contribution is 0.590. The van der Waals surface area contributed by atoms with Gasteiger partial charge in [-0.3, -0.25) is 5.43 Å². The molecular formula is C11H13F2N7. The summed E-state index contributed by atoms with van der Waals surface area (Å²) in [6.45, 7) is 0. The van der Waals surface area contributed by atoms with E-state index in [0.717, 1.165) is 12.1 Å². The molecule has 0 radical (unpaired) electrons. The van der Waals surface area contributed by atoms with E-state index in [0.29, 0.717) is 0 Å². The first kappa shape index (κ1) is 13.9. The average molecular weight is 281 g/mol. The lowest BCUT2D eigenvalue weighted by Gasteiger charge is -2.13. The molecule has 1 aromatic heterocycles. The van der Waals surface area contributed by atoms with Gasteiger partial charge in [-0.05, 0) is 12.1 Å². The van der Waals surface area contributed by atoms with Crippen LogP contribution in [0.15, 0.2) is 18.2 Å². The Labute approximate surface area is 113 Å². The summed E-state index contributed by atoms with van der Waals surface area (Å²) >= 11 is 0. The summed E-state index contributed by atoms with van der Waals surface area (Å²) in [5.74, 6) is 4.07. The highest BCUT2D eigenvalue weighted by molar-refractivity contribution is 5.57. The number of aromatic nitrogens is 3. The predicted octanol–water partition coefficient (Wildman–Crippen LogP) is 1.24. The molecule has 2 rings (SSSR count). The minimum absolute atomic E-state index is 0.0272. The van der Waals surface area contributed by atoms with Gasteiger partial charge in [-0.15, -0.1) is 0 Å². The van der Waals surface area contributed by atoms with Gasteiger partial charge in [-0.25, -0.2) is 14.6 Å². The van der Waals surface area contributed by atoms with Gasteiger partial charge in [0.05, 0.1) is 0 Å². The molecule has 2 aromatic rings. The molecule has 1 aromatic carbocycles. The maximum absolute atomic E-state index is 13.6. The van der Waals surface area contributed by atoms with E-state index in [9.17, 15) is 8.78 Å². The Balaban J connectivity index is 2.40. The van der Waals surface area contributed by atoms with E-state index in [2.05, 4.69) is 25.7 Å². The van der Waals surface area contributed by atoms with Crippen LogP contribution in [-0.4, -0.2) is 29.0 Å². The molecule has 1 heterocycles. The summed E-state index contributed by atoms with van der Waals surface area (Å²) in [6.07, 6.45) is 0. The van der Waals surface area contributed by atoms with Crippen LogP contribution in [0.3, 0.4) is 0 Å². The Morgan fingerprint density at radius 2 is 1.65 bits per heavy atom. The van der Waals surface area contributed by atoms with Crippen LogP contribution in [0, 0.1) is 11.6 Å². The van der Waals surface area contributed by atoms with Gasteiger partial charge in [0.25, 0.3) is 0 Å². The van der Waals surface area contributed by atoms with E-state index >= 15 is 0 Å². The zero-order valence-electron chi connectivity index (χ0n) is 10.9. The number of anilines is 4. The second kappa shape index (κ2) is 5.61. The summed E-state index contributed by atoms with van der Waals surface area (Å²) in [5.41, 5.74) is 1.92. The molecule has 0 aliphatic carbocycles. The fourth-order valence-electron chi connectivity index (χ4n) is 1.41. The van der Waals surface area contributed by atoms with Crippen LogP contribution >= 0.6 is 0 Å². The molecular weight excluding hydrogens is 268 g/mol. The number of hydrogen-bond donors (Lipinski definition) is 3. The van der Waals surface area contributed by atoms with Crippen LogP contribution in [0.25, 0.3) is 0 Å². The second-order valence-electron chi connectivity index (χ2n) is 4.04. The summed E-state index contributed by atoms with van der Waals surface area (Å²) < 4.78 is 27.1. The SMILES string of the molecule is CN(C)c1nc(NN)nc(Nc2c(F)cccc2F)n1. The normalized spacial score (nSPS) is 10.2. The third kappa shape index (κ3) is 2.88. The van der Waals surface area contributed by atoms with Gasteiger partial charge in [0.15, 0.2) is 0 Å². The molecule has 0 bridgehead atoms. The summed E-state index contributed by atoms with van der Waals surface area (Å²) in [4.78, 5) is 13.5. The first-order valence-electron chi connectivity index (χ1n) is 5.62. The number of nitrogen functional groups attached to an aromatic ring is 1. The number of nitrogens with two attached hydrogens (primary N) is 1. The van der Waals surface area contributed by atoms with E-state index in [-0.39, 0.29) is 23.5 Å². The van der Waals surface area contributed by atoms with E-state index in [4.69, 9.17) is 5.84 Å². The highest BCUT2D eigenvalue weighted by atomic mass is 19.1. The molecule has 0 saturated heterocycles. The molecule has 7 nitrogen and oxygen atoms in total. The van der Waals surface area contributed by atoms with Crippen molar-refractivity contribution in [2.24, 2.45) is 5.84 Å². The molecule has 4 N–H and O–H groups in total. The summed E-state index contributed by atoms with van der Waals surface area (Å²) in [7, 11) is 3.42.